The van der Waals surface area contributed by atoms with Crippen molar-refractivity contribution in [3.05, 3.63) is 72.6 Å². The number of likely N-dealkylation sites (N-methyl/N-ethyl adjacent to an activating group) is 1. The van der Waals surface area contributed by atoms with Crippen LogP contribution in [0, 0.1) is 0 Å². The summed E-state index contributed by atoms with van der Waals surface area (Å²) in [6.07, 6.45) is 4.39. The first-order valence-electron chi connectivity index (χ1n) is 11.3. The molecule has 34 heavy (non-hydrogen) atoms. The molecule has 8 nitrogen and oxygen atoms in total. The second kappa shape index (κ2) is 9.62. The van der Waals surface area contributed by atoms with Crippen molar-refractivity contribution in [2.45, 2.75) is 19.0 Å². The Hall–Kier alpha value is -3.75. The average molecular weight is 458 g/mol. The number of carbonyl (C=O) groups is 1. The Balaban J connectivity index is 1.23. The standard InChI is InChI=1S/C26H27N5O3/c1-30(26(33)17-32)22-9-11-31(16-22)15-18-2-3-20-13-23(6-4-19(20)12-18)34-25-7-5-21(14-27-25)24-8-10-28-29-24/h2-8,10,12-14,22,32H,9,11,15-17H2,1H3,(H,28,29). The predicted octanol–water partition coefficient (Wildman–Crippen LogP) is 3.44. The molecule has 0 aliphatic carbocycles. The van der Waals surface area contributed by atoms with Crippen LogP contribution in [0.4, 0.5) is 0 Å². The number of amides is 1. The van der Waals surface area contributed by atoms with Crippen LogP contribution in [-0.4, -0.2) is 68.8 Å². The van der Waals surface area contributed by atoms with Gasteiger partial charge in [-0.1, -0.05) is 18.2 Å². The molecule has 2 N–H and O–H groups in total. The number of nitrogens with zero attached hydrogens (tertiary/aromatic N) is 4. The molecular formula is C26H27N5O3. The van der Waals surface area contributed by atoms with Crippen molar-refractivity contribution in [3.63, 3.8) is 0 Å². The highest BCUT2D eigenvalue weighted by atomic mass is 16.5. The third-order valence-corrected chi connectivity index (χ3v) is 6.38. The number of hydrogen-bond acceptors (Lipinski definition) is 6. The van der Waals surface area contributed by atoms with Gasteiger partial charge in [-0.2, -0.15) is 5.10 Å². The highest BCUT2D eigenvalue weighted by Crippen LogP contribution is 2.27. The first-order chi connectivity index (χ1) is 16.6. The number of carbonyl (C=O) groups excluding carboxylic acids is 1. The topological polar surface area (TPSA) is 94.6 Å². The molecule has 4 aromatic rings. The summed E-state index contributed by atoms with van der Waals surface area (Å²) in [5.41, 5.74) is 3.09. The highest BCUT2D eigenvalue weighted by Gasteiger charge is 2.27. The van der Waals surface area contributed by atoms with E-state index in [4.69, 9.17) is 9.84 Å². The second-order valence-electron chi connectivity index (χ2n) is 8.64. The van der Waals surface area contributed by atoms with E-state index in [2.05, 4.69) is 44.3 Å². The predicted molar refractivity (Wildman–Crippen MR) is 129 cm³/mol. The molecule has 0 radical (unpaired) electrons. The number of ether oxygens (including phenoxy) is 1. The van der Waals surface area contributed by atoms with E-state index in [1.54, 1.807) is 24.3 Å². The van der Waals surface area contributed by atoms with Crippen molar-refractivity contribution in [1.82, 2.24) is 25.0 Å². The maximum absolute atomic E-state index is 11.8. The molecule has 1 fully saturated rings. The van der Waals surface area contributed by atoms with Gasteiger partial charge in [-0.3, -0.25) is 14.8 Å². The fourth-order valence-electron chi connectivity index (χ4n) is 4.42. The fraction of sp³-hybridized carbons (Fsp3) is 0.269. The summed E-state index contributed by atoms with van der Waals surface area (Å²) in [7, 11) is 1.77. The number of benzene rings is 2. The van der Waals surface area contributed by atoms with Gasteiger partial charge in [0, 0.05) is 56.7 Å². The largest absolute Gasteiger partial charge is 0.439 e. The molecular weight excluding hydrogens is 430 g/mol. The number of fused-ring (bicyclic) bond motifs is 1. The number of aromatic nitrogens is 3. The van der Waals surface area contributed by atoms with Gasteiger partial charge in [0.2, 0.25) is 11.8 Å². The molecule has 3 heterocycles. The first kappa shape index (κ1) is 22.1. The van der Waals surface area contributed by atoms with Crippen LogP contribution in [0.15, 0.2) is 67.0 Å². The van der Waals surface area contributed by atoms with Crippen molar-refractivity contribution in [3.8, 4) is 22.9 Å². The van der Waals surface area contributed by atoms with Crippen LogP contribution in [0.3, 0.4) is 0 Å². The lowest BCUT2D eigenvalue weighted by molar-refractivity contribution is -0.134. The normalized spacial score (nSPS) is 16.1. The fourth-order valence-corrected chi connectivity index (χ4v) is 4.42. The van der Waals surface area contributed by atoms with E-state index in [1.807, 2.05) is 30.3 Å². The number of aliphatic hydroxyl groups excluding tert-OH is 1. The zero-order valence-corrected chi connectivity index (χ0v) is 19.0. The van der Waals surface area contributed by atoms with Crippen LogP contribution in [-0.2, 0) is 11.3 Å². The van der Waals surface area contributed by atoms with Crippen molar-refractivity contribution < 1.29 is 14.6 Å². The summed E-state index contributed by atoms with van der Waals surface area (Å²) >= 11 is 0. The quantitative estimate of drug-likeness (QED) is 0.442. The van der Waals surface area contributed by atoms with Crippen LogP contribution in [0.25, 0.3) is 22.0 Å². The minimum Gasteiger partial charge on any atom is -0.439 e. The summed E-state index contributed by atoms with van der Waals surface area (Å²) in [6.45, 7) is 2.15. The van der Waals surface area contributed by atoms with E-state index < -0.39 is 6.61 Å². The maximum atomic E-state index is 11.8. The van der Waals surface area contributed by atoms with Crippen molar-refractivity contribution in [2.75, 3.05) is 26.7 Å². The molecule has 1 aliphatic heterocycles. The molecule has 2 aromatic carbocycles. The Morgan fingerprint density at radius 2 is 2.03 bits per heavy atom. The van der Waals surface area contributed by atoms with Gasteiger partial charge < -0.3 is 14.7 Å². The lowest BCUT2D eigenvalue weighted by Crippen LogP contribution is -2.40. The number of aromatic amines is 1. The number of rotatable bonds is 7. The maximum Gasteiger partial charge on any atom is 0.248 e. The van der Waals surface area contributed by atoms with E-state index in [-0.39, 0.29) is 11.9 Å². The van der Waals surface area contributed by atoms with E-state index in [0.717, 1.165) is 53.8 Å². The summed E-state index contributed by atoms with van der Waals surface area (Å²) in [5.74, 6) is 1.05. The number of likely N-dealkylation sites (tertiary alicyclic amines) is 1. The van der Waals surface area contributed by atoms with Crippen molar-refractivity contribution in [2.24, 2.45) is 0 Å². The Kier molecular flexibility index (Phi) is 6.24. The molecule has 174 valence electrons. The van der Waals surface area contributed by atoms with Crippen LogP contribution in [0.5, 0.6) is 11.6 Å². The van der Waals surface area contributed by atoms with Gasteiger partial charge in [-0.25, -0.2) is 4.98 Å². The molecule has 5 rings (SSSR count). The molecule has 1 atom stereocenters. The molecule has 1 amide bonds. The van der Waals surface area contributed by atoms with Gasteiger partial charge in [0.1, 0.15) is 12.4 Å². The van der Waals surface area contributed by atoms with Gasteiger partial charge in [-0.05, 0) is 53.1 Å². The molecule has 0 bridgehead atoms. The molecule has 1 aliphatic rings. The van der Waals surface area contributed by atoms with Crippen LogP contribution in [0.1, 0.15) is 12.0 Å². The molecule has 0 saturated carbocycles. The smallest absolute Gasteiger partial charge is 0.248 e. The molecule has 1 saturated heterocycles. The number of pyridine rings is 1. The van der Waals surface area contributed by atoms with E-state index >= 15 is 0 Å². The molecule has 1 unspecified atom stereocenters. The summed E-state index contributed by atoms with van der Waals surface area (Å²) < 4.78 is 5.96. The third kappa shape index (κ3) is 4.78. The minimum atomic E-state index is -0.435. The molecule has 2 aromatic heterocycles. The average Bonchev–Trinajstić information content (AvgIpc) is 3.56. The van der Waals surface area contributed by atoms with E-state index in [9.17, 15) is 4.79 Å². The Bertz CT molecular complexity index is 1270. The third-order valence-electron chi connectivity index (χ3n) is 6.38. The van der Waals surface area contributed by atoms with Gasteiger partial charge in [0.25, 0.3) is 0 Å². The number of aliphatic hydroxyl groups is 1. The number of nitrogens with one attached hydrogen (secondary N) is 1. The zero-order chi connectivity index (χ0) is 23.5. The van der Waals surface area contributed by atoms with E-state index in [1.165, 1.54) is 5.56 Å². The van der Waals surface area contributed by atoms with Gasteiger partial charge in [0.15, 0.2) is 0 Å². The van der Waals surface area contributed by atoms with Gasteiger partial charge in [-0.15, -0.1) is 0 Å². The Morgan fingerprint density at radius 1 is 1.18 bits per heavy atom. The van der Waals surface area contributed by atoms with E-state index in [0.29, 0.717) is 5.88 Å². The highest BCUT2D eigenvalue weighted by molar-refractivity contribution is 5.84. The summed E-state index contributed by atoms with van der Waals surface area (Å²) in [6, 6.07) is 18.3. The SMILES string of the molecule is CN(C(=O)CO)C1CCN(Cc2ccc3cc(Oc4ccc(-c5ccn[nH]5)cn4)ccc3c2)C1. The van der Waals surface area contributed by atoms with Gasteiger partial charge >= 0.3 is 0 Å². The lowest BCUT2D eigenvalue weighted by Gasteiger charge is -2.24. The number of hydrogen-bond donors (Lipinski definition) is 2. The summed E-state index contributed by atoms with van der Waals surface area (Å²) in [5, 5.41) is 18.2. The molecule has 0 spiro atoms. The monoisotopic (exact) mass is 457 g/mol. The Labute approximate surface area is 197 Å². The van der Waals surface area contributed by atoms with Crippen LogP contribution < -0.4 is 4.74 Å². The van der Waals surface area contributed by atoms with Crippen LogP contribution >= 0.6 is 0 Å². The number of H-pyrrole nitrogens is 1. The van der Waals surface area contributed by atoms with Gasteiger partial charge in [0.05, 0.1) is 5.69 Å². The van der Waals surface area contributed by atoms with Crippen molar-refractivity contribution in [1.29, 1.82) is 0 Å². The second-order valence-corrected chi connectivity index (χ2v) is 8.64. The lowest BCUT2D eigenvalue weighted by atomic mass is 10.1. The molecule has 8 heteroatoms. The zero-order valence-electron chi connectivity index (χ0n) is 19.0. The first-order valence-corrected chi connectivity index (χ1v) is 11.3. The summed E-state index contributed by atoms with van der Waals surface area (Å²) in [4.78, 5) is 20.2. The Morgan fingerprint density at radius 3 is 2.79 bits per heavy atom. The van der Waals surface area contributed by atoms with Crippen LogP contribution in [0.2, 0.25) is 0 Å². The van der Waals surface area contributed by atoms with Crippen molar-refractivity contribution >= 4 is 16.7 Å². The minimum absolute atomic E-state index is 0.155.